The molecule has 0 bridgehead atoms. The second kappa shape index (κ2) is 7.27. The van der Waals surface area contributed by atoms with E-state index >= 15 is 0 Å². The first kappa shape index (κ1) is 14.8. The van der Waals surface area contributed by atoms with Gasteiger partial charge in [0.1, 0.15) is 0 Å². The molecule has 1 aromatic carbocycles. The van der Waals surface area contributed by atoms with E-state index in [-0.39, 0.29) is 0 Å². The van der Waals surface area contributed by atoms with Crippen molar-refractivity contribution in [1.29, 1.82) is 0 Å². The number of halogens is 1. The van der Waals surface area contributed by atoms with Crippen LogP contribution in [0, 0.1) is 0 Å². The van der Waals surface area contributed by atoms with Crippen molar-refractivity contribution in [2.75, 3.05) is 12.3 Å². The van der Waals surface area contributed by atoms with Gasteiger partial charge in [0.15, 0.2) is 0 Å². The van der Waals surface area contributed by atoms with Gasteiger partial charge in [-0.3, -0.25) is 9.88 Å². The van der Waals surface area contributed by atoms with Crippen molar-refractivity contribution >= 4 is 17.3 Å². The van der Waals surface area contributed by atoms with Crippen LogP contribution in [0.4, 0.5) is 5.69 Å². The number of nitrogens with two attached hydrogens (primary N) is 1. The Labute approximate surface area is 125 Å². The number of para-hydroxylation sites is 1. The summed E-state index contributed by atoms with van der Waals surface area (Å²) in [6, 6.07) is 9.97. The van der Waals surface area contributed by atoms with Crippen LogP contribution in [-0.4, -0.2) is 16.4 Å². The maximum Gasteiger partial charge on any atom is 0.0634 e. The first-order valence-corrected chi connectivity index (χ1v) is 7.22. The van der Waals surface area contributed by atoms with Gasteiger partial charge in [-0.15, -0.1) is 0 Å². The van der Waals surface area contributed by atoms with Gasteiger partial charge >= 0.3 is 0 Å². The van der Waals surface area contributed by atoms with Gasteiger partial charge in [-0.25, -0.2) is 0 Å². The summed E-state index contributed by atoms with van der Waals surface area (Å²) in [5.41, 5.74) is 9.13. The van der Waals surface area contributed by atoms with Crippen molar-refractivity contribution in [3.05, 3.63) is 58.9 Å². The molecule has 0 aliphatic rings. The summed E-state index contributed by atoms with van der Waals surface area (Å²) in [6.07, 6.45) is 4.57. The SMILES string of the molecule is CCCN(Cc1ccccc1N)Cc1ccncc1Cl. The van der Waals surface area contributed by atoms with Crippen LogP contribution in [0.25, 0.3) is 0 Å². The number of anilines is 1. The van der Waals surface area contributed by atoms with Crippen LogP contribution in [0.15, 0.2) is 42.7 Å². The van der Waals surface area contributed by atoms with E-state index in [0.717, 1.165) is 47.9 Å². The Morgan fingerprint density at radius 2 is 1.90 bits per heavy atom. The third-order valence-electron chi connectivity index (χ3n) is 3.24. The number of aromatic nitrogens is 1. The quantitative estimate of drug-likeness (QED) is 0.824. The van der Waals surface area contributed by atoms with Gasteiger partial charge in [0.25, 0.3) is 0 Å². The van der Waals surface area contributed by atoms with E-state index in [2.05, 4.69) is 22.9 Å². The summed E-state index contributed by atoms with van der Waals surface area (Å²) in [4.78, 5) is 6.38. The molecule has 0 saturated heterocycles. The van der Waals surface area contributed by atoms with E-state index in [1.54, 1.807) is 12.4 Å². The number of nitrogens with zero attached hydrogens (tertiary/aromatic N) is 2. The molecule has 0 aliphatic carbocycles. The molecule has 0 aliphatic heterocycles. The minimum absolute atomic E-state index is 0.717. The number of rotatable bonds is 6. The van der Waals surface area contributed by atoms with Gasteiger partial charge in [0.05, 0.1) is 5.02 Å². The molecule has 0 fully saturated rings. The van der Waals surface area contributed by atoms with Crippen LogP contribution in [0.3, 0.4) is 0 Å². The fourth-order valence-electron chi connectivity index (χ4n) is 2.22. The smallest absolute Gasteiger partial charge is 0.0634 e. The average Bonchev–Trinajstić information content (AvgIpc) is 2.44. The molecular formula is C16H20ClN3. The highest BCUT2D eigenvalue weighted by Gasteiger charge is 2.10. The van der Waals surface area contributed by atoms with E-state index in [9.17, 15) is 0 Å². The number of hydrogen-bond acceptors (Lipinski definition) is 3. The largest absolute Gasteiger partial charge is 0.398 e. The fraction of sp³-hybridized carbons (Fsp3) is 0.312. The molecule has 0 radical (unpaired) electrons. The van der Waals surface area contributed by atoms with Gasteiger partial charge in [-0.2, -0.15) is 0 Å². The molecule has 20 heavy (non-hydrogen) atoms. The minimum Gasteiger partial charge on any atom is -0.398 e. The number of hydrogen-bond donors (Lipinski definition) is 1. The molecule has 1 heterocycles. The zero-order valence-electron chi connectivity index (χ0n) is 11.7. The lowest BCUT2D eigenvalue weighted by Gasteiger charge is -2.23. The van der Waals surface area contributed by atoms with Gasteiger partial charge < -0.3 is 5.73 Å². The Morgan fingerprint density at radius 3 is 2.60 bits per heavy atom. The lowest BCUT2D eigenvalue weighted by atomic mass is 10.1. The molecule has 0 atom stereocenters. The lowest BCUT2D eigenvalue weighted by molar-refractivity contribution is 0.258. The summed E-state index contributed by atoms with van der Waals surface area (Å²) in [7, 11) is 0. The highest BCUT2D eigenvalue weighted by atomic mass is 35.5. The highest BCUT2D eigenvalue weighted by Crippen LogP contribution is 2.19. The Balaban J connectivity index is 2.12. The first-order valence-electron chi connectivity index (χ1n) is 6.84. The molecular weight excluding hydrogens is 270 g/mol. The van der Waals surface area contributed by atoms with Crippen molar-refractivity contribution in [2.24, 2.45) is 0 Å². The first-order chi connectivity index (χ1) is 9.70. The summed E-state index contributed by atoms with van der Waals surface area (Å²) in [5, 5.41) is 0.717. The van der Waals surface area contributed by atoms with Crippen LogP contribution in [0.5, 0.6) is 0 Å². The molecule has 0 spiro atoms. The molecule has 0 unspecified atom stereocenters. The van der Waals surface area contributed by atoms with Crippen molar-refractivity contribution in [3.63, 3.8) is 0 Å². The number of nitrogen functional groups attached to an aromatic ring is 1. The van der Waals surface area contributed by atoms with Gasteiger partial charge in [-0.1, -0.05) is 36.7 Å². The van der Waals surface area contributed by atoms with Crippen molar-refractivity contribution < 1.29 is 0 Å². The van der Waals surface area contributed by atoms with E-state index < -0.39 is 0 Å². The summed E-state index contributed by atoms with van der Waals surface area (Å²) >= 11 is 6.19. The number of benzene rings is 1. The topological polar surface area (TPSA) is 42.1 Å². The van der Waals surface area contributed by atoms with Crippen LogP contribution >= 0.6 is 11.6 Å². The van der Waals surface area contributed by atoms with Gasteiger partial charge in [0.2, 0.25) is 0 Å². The fourth-order valence-corrected chi connectivity index (χ4v) is 2.40. The molecule has 0 amide bonds. The maximum absolute atomic E-state index is 6.19. The summed E-state index contributed by atoms with van der Waals surface area (Å²) in [5.74, 6) is 0. The van der Waals surface area contributed by atoms with Crippen molar-refractivity contribution in [2.45, 2.75) is 26.4 Å². The zero-order chi connectivity index (χ0) is 14.4. The molecule has 2 rings (SSSR count). The predicted octanol–water partition coefficient (Wildman–Crippen LogP) is 3.73. The van der Waals surface area contributed by atoms with Crippen LogP contribution < -0.4 is 5.73 Å². The van der Waals surface area contributed by atoms with Crippen LogP contribution in [0.2, 0.25) is 5.02 Å². The summed E-state index contributed by atoms with van der Waals surface area (Å²) in [6.45, 7) is 4.82. The van der Waals surface area contributed by atoms with E-state index in [4.69, 9.17) is 17.3 Å². The number of pyridine rings is 1. The zero-order valence-corrected chi connectivity index (χ0v) is 12.5. The maximum atomic E-state index is 6.19. The second-order valence-corrected chi connectivity index (χ2v) is 5.28. The summed E-state index contributed by atoms with van der Waals surface area (Å²) < 4.78 is 0. The average molecular weight is 290 g/mol. The second-order valence-electron chi connectivity index (χ2n) is 4.88. The molecule has 106 valence electrons. The highest BCUT2D eigenvalue weighted by molar-refractivity contribution is 6.31. The minimum atomic E-state index is 0.717. The molecule has 3 nitrogen and oxygen atoms in total. The third-order valence-corrected chi connectivity index (χ3v) is 3.58. The standard InChI is InChI=1S/C16H20ClN3/c1-2-9-20(11-13-7-8-19-10-15(13)17)12-14-5-3-4-6-16(14)18/h3-8,10H,2,9,11-12,18H2,1H3. The molecule has 2 aromatic rings. The van der Waals surface area contributed by atoms with Crippen LogP contribution in [-0.2, 0) is 13.1 Å². The normalized spacial score (nSPS) is 10.9. The Bertz CT molecular complexity index is 509. The third kappa shape index (κ3) is 3.95. The molecule has 2 N–H and O–H groups in total. The molecule has 0 saturated carbocycles. The van der Waals surface area contributed by atoms with Gasteiger partial charge in [0, 0.05) is 31.2 Å². The van der Waals surface area contributed by atoms with Gasteiger partial charge in [-0.05, 0) is 36.2 Å². The Kier molecular flexibility index (Phi) is 5.39. The lowest BCUT2D eigenvalue weighted by Crippen LogP contribution is -2.24. The van der Waals surface area contributed by atoms with Crippen LogP contribution in [0.1, 0.15) is 24.5 Å². The Hall–Kier alpha value is -1.58. The molecule has 1 aromatic heterocycles. The Morgan fingerprint density at radius 1 is 1.15 bits per heavy atom. The van der Waals surface area contributed by atoms with Crippen molar-refractivity contribution in [1.82, 2.24) is 9.88 Å². The van der Waals surface area contributed by atoms with E-state index in [1.807, 2.05) is 24.3 Å². The monoisotopic (exact) mass is 289 g/mol. The van der Waals surface area contributed by atoms with E-state index in [0.29, 0.717) is 0 Å². The predicted molar refractivity (Wildman–Crippen MR) is 84.5 cm³/mol. The van der Waals surface area contributed by atoms with Crippen molar-refractivity contribution in [3.8, 4) is 0 Å². The van der Waals surface area contributed by atoms with E-state index in [1.165, 1.54) is 0 Å². The molecule has 4 heteroatoms.